The third-order valence-electron chi connectivity index (χ3n) is 5.41. The molecule has 2 aliphatic rings. The maximum Gasteiger partial charge on any atom is 0.338 e. The van der Waals surface area contributed by atoms with Gasteiger partial charge in [0.25, 0.3) is 0 Å². The van der Waals surface area contributed by atoms with E-state index in [1.165, 1.54) is 0 Å². The Hall–Kier alpha value is -2.29. The molecule has 2 aromatic carbocycles. The lowest BCUT2D eigenvalue weighted by Gasteiger charge is -2.40. The lowest BCUT2D eigenvalue weighted by atomic mass is 9.95. The van der Waals surface area contributed by atoms with Crippen molar-refractivity contribution in [3.8, 4) is 0 Å². The first-order valence-corrected chi connectivity index (χ1v) is 10.4. The molecule has 2 aliphatic heterocycles. The van der Waals surface area contributed by atoms with Crippen LogP contribution >= 0.6 is 0 Å². The first-order chi connectivity index (χ1) is 14.9. The molecule has 166 valence electrons. The van der Waals surface area contributed by atoms with Crippen molar-refractivity contribution in [1.29, 1.82) is 0 Å². The minimum absolute atomic E-state index is 0.170. The van der Waals surface area contributed by atoms with Gasteiger partial charge in [-0.15, -0.1) is 0 Å². The van der Waals surface area contributed by atoms with Gasteiger partial charge >= 0.3 is 5.97 Å². The van der Waals surface area contributed by atoms with Crippen LogP contribution in [0.4, 0.5) is 0 Å². The quantitative estimate of drug-likeness (QED) is 0.679. The summed E-state index contributed by atoms with van der Waals surface area (Å²) in [7, 11) is 0. The van der Waals surface area contributed by atoms with Crippen molar-refractivity contribution in [1.82, 2.24) is 0 Å². The molecule has 0 radical (unpaired) electrons. The van der Waals surface area contributed by atoms with Crippen LogP contribution < -0.4 is 0 Å². The van der Waals surface area contributed by atoms with Crippen molar-refractivity contribution in [2.45, 2.75) is 63.4 Å². The highest BCUT2D eigenvalue weighted by Gasteiger charge is 2.52. The summed E-state index contributed by atoms with van der Waals surface area (Å²) in [5.41, 5.74) is 1.83. The molecule has 0 saturated carbocycles. The highest BCUT2D eigenvalue weighted by Crippen LogP contribution is 2.32. The van der Waals surface area contributed by atoms with E-state index in [0.29, 0.717) is 0 Å². The van der Waals surface area contributed by atoms with Gasteiger partial charge in [0.05, 0.1) is 19.8 Å². The summed E-state index contributed by atoms with van der Waals surface area (Å²) >= 11 is 0. The predicted molar refractivity (Wildman–Crippen MR) is 111 cm³/mol. The van der Waals surface area contributed by atoms with Gasteiger partial charge in [0, 0.05) is 0 Å². The molecule has 7 nitrogen and oxygen atoms in total. The largest absolute Gasteiger partial charge is 0.455 e. The Balaban J connectivity index is 1.49. The van der Waals surface area contributed by atoms with E-state index >= 15 is 0 Å². The van der Waals surface area contributed by atoms with E-state index in [2.05, 4.69) is 0 Å². The molecule has 0 aliphatic carbocycles. The Morgan fingerprint density at radius 2 is 1.55 bits per heavy atom. The molecule has 31 heavy (non-hydrogen) atoms. The minimum Gasteiger partial charge on any atom is -0.455 e. The normalized spacial score (nSPS) is 30.2. The number of esters is 1. The van der Waals surface area contributed by atoms with Gasteiger partial charge < -0.3 is 28.8 Å². The number of rotatable bonds is 7. The molecule has 0 amide bonds. The van der Waals surface area contributed by atoms with Crippen LogP contribution in [0.15, 0.2) is 60.7 Å². The van der Waals surface area contributed by atoms with Crippen LogP contribution in [0, 0.1) is 0 Å². The van der Waals surface area contributed by atoms with Crippen molar-refractivity contribution in [3.63, 3.8) is 0 Å². The molecule has 7 heteroatoms. The Kier molecular flexibility index (Phi) is 6.69. The lowest BCUT2D eigenvalue weighted by Crippen LogP contribution is -2.61. The Bertz CT molecular complexity index is 855. The summed E-state index contributed by atoms with van der Waals surface area (Å²) in [6.07, 6.45) is -4.58. The summed E-state index contributed by atoms with van der Waals surface area (Å²) < 4.78 is 29.0. The molecule has 1 N–H and O–H groups in total. The molecular weight excluding hydrogens is 400 g/mol. The second-order valence-electron chi connectivity index (χ2n) is 8.24. The summed E-state index contributed by atoms with van der Waals surface area (Å²) in [5.74, 6) is -1.44. The van der Waals surface area contributed by atoms with Crippen molar-refractivity contribution in [2.24, 2.45) is 0 Å². The number of hydrogen-bond acceptors (Lipinski definition) is 7. The molecule has 5 atom stereocenters. The van der Waals surface area contributed by atoms with Crippen LogP contribution in [0.1, 0.15) is 25.0 Å². The van der Waals surface area contributed by atoms with Crippen LogP contribution in [0.5, 0.6) is 0 Å². The number of hydrogen-bond donors (Lipinski definition) is 1. The van der Waals surface area contributed by atoms with Gasteiger partial charge in [0.1, 0.15) is 18.3 Å². The van der Waals surface area contributed by atoms with E-state index in [0.717, 1.165) is 11.1 Å². The first-order valence-electron chi connectivity index (χ1n) is 10.4. The number of aliphatic hydroxyl groups is 1. The smallest absolute Gasteiger partial charge is 0.338 e. The molecule has 2 aromatic rings. The van der Waals surface area contributed by atoms with Crippen molar-refractivity contribution < 1.29 is 33.6 Å². The van der Waals surface area contributed by atoms with E-state index in [1.54, 1.807) is 13.8 Å². The van der Waals surface area contributed by atoms with Crippen LogP contribution in [0.2, 0.25) is 0 Å². The van der Waals surface area contributed by atoms with Gasteiger partial charge in [-0.1, -0.05) is 60.7 Å². The highest BCUT2D eigenvalue weighted by atomic mass is 16.8. The fourth-order valence-electron chi connectivity index (χ4n) is 3.83. The second-order valence-corrected chi connectivity index (χ2v) is 8.24. The average molecular weight is 428 g/mol. The van der Waals surface area contributed by atoms with Gasteiger partial charge in [-0.3, -0.25) is 0 Å². The molecule has 0 aromatic heterocycles. The third-order valence-corrected chi connectivity index (χ3v) is 5.41. The Labute approximate surface area is 181 Å². The predicted octanol–water partition coefficient (Wildman–Crippen LogP) is 2.59. The van der Waals surface area contributed by atoms with Gasteiger partial charge in [0.2, 0.25) is 0 Å². The standard InChI is InChI=1S/C24H28O7/c1-24(2)29-15-18(31-24)20-21(27-13-16-9-5-3-6-10-16)19(25)22(23(26)30-20)28-14-17-11-7-4-8-12-17/h3-12,18-22,25H,13-15H2,1-2H3/t18-,19+,20-,21-,22-/m1/s1. The molecular formula is C24H28O7. The van der Waals surface area contributed by atoms with E-state index in [4.69, 9.17) is 23.7 Å². The molecule has 2 fully saturated rings. The van der Waals surface area contributed by atoms with Crippen molar-refractivity contribution in [3.05, 3.63) is 71.8 Å². The van der Waals surface area contributed by atoms with Gasteiger partial charge in [-0.05, 0) is 25.0 Å². The summed E-state index contributed by atoms with van der Waals surface area (Å²) in [5, 5.41) is 11.1. The lowest BCUT2D eigenvalue weighted by molar-refractivity contribution is -0.240. The van der Waals surface area contributed by atoms with E-state index in [9.17, 15) is 9.90 Å². The van der Waals surface area contributed by atoms with Gasteiger partial charge in [0.15, 0.2) is 18.0 Å². The molecule has 2 heterocycles. The van der Waals surface area contributed by atoms with Crippen LogP contribution in [0.25, 0.3) is 0 Å². The number of ether oxygens (including phenoxy) is 5. The van der Waals surface area contributed by atoms with Crippen molar-refractivity contribution in [2.75, 3.05) is 6.61 Å². The number of carbonyl (C=O) groups is 1. The minimum atomic E-state index is -1.22. The highest BCUT2D eigenvalue weighted by molar-refractivity contribution is 5.77. The second kappa shape index (κ2) is 9.46. The summed E-state index contributed by atoms with van der Waals surface area (Å²) in [6.45, 7) is 4.24. The average Bonchev–Trinajstić information content (AvgIpc) is 3.13. The fourth-order valence-corrected chi connectivity index (χ4v) is 3.83. The summed E-state index contributed by atoms with van der Waals surface area (Å²) in [6, 6.07) is 19.0. The molecule has 0 spiro atoms. The van der Waals surface area contributed by atoms with Crippen LogP contribution in [0.3, 0.4) is 0 Å². The van der Waals surface area contributed by atoms with E-state index in [-0.39, 0.29) is 19.8 Å². The monoisotopic (exact) mass is 428 g/mol. The third kappa shape index (κ3) is 5.31. The van der Waals surface area contributed by atoms with Crippen LogP contribution in [-0.4, -0.2) is 54.0 Å². The fraction of sp³-hybridized carbons (Fsp3) is 0.458. The van der Waals surface area contributed by atoms with E-state index < -0.39 is 42.3 Å². The Morgan fingerprint density at radius 1 is 0.968 bits per heavy atom. The maximum atomic E-state index is 12.7. The Morgan fingerprint density at radius 3 is 2.10 bits per heavy atom. The molecule has 0 unspecified atom stereocenters. The molecule has 0 bridgehead atoms. The zero-order valence-electron chi connectivity index (χ0n) is 17.7. The summed E-state index contributed by atoms with van der Waals surface area (Å²) in [4.78, 5) is 12.7. The topological polar surface area (TPSA) is 83.5 Å². The van der Waals surface area contributed by atoms with Gasteiger partial charge in [-0.2, -0.15) is 0 Å². The SMILES string of the molecule is CC1(C)OC[C@H]([C@H]2OC(=O)[C@H](OCc3ccccc3)[C@@H](O)[C@H]2OCc2ccccc2)O1. The van der Waals surface area contributed by atoms with E-state index in [1.807, 2.05) is 60.7 Å². The van der Waals surface area contributed by atoms with Crippen molar-refractivity contribution >= 4 is 5.97 Å². The van der Waals surface area contributed by atoms with Crippen LogP contribution in [-0.2, 0) is 41.7 Å². The zero-order valence-corrected chi connectivity index (χ0v) is 17.7. The maximum absolute atomic E-state index is 12.7. The number of cyclic esters (lactones) is 1. The zero-order chi connectivity index (χ0) is 21.8. The van der Waals surface area contributed by atoms with Gasteiger partial charge in [-0.25, -0.2) is 4.79 Å². The number of benzene rings is 2. The molecule has 4 rings (SSSR count). The number of carbonyl (C=O) groups excluding carboxylic acids is 1. The molecule has 2 saturated heterocycles. The first kappa shape index (κ1) is 21.9. The number of aliphatic hydroxyl groups excluding tert-OH is 1.